The van der Waals surface area contributed by atoms with E-state index in [9.17, 15) is 24.0 Å². The van der Waals surface area contributed by atoms with Crippen LogP contribution in [0.2, 0.25) is 0 Å². The molecule has 2 aliphatic carbocycles. The van der Waals surface area contributed by atoms with Crippen LogP contribution in [0.25, 0.3) is 11.1 Å². The number of ether oxygens (including phenoxy) is 3. The number of nitrogens with two attached hydrogens (primary N) is 3. The molecule has 17 heteroatoms. The molecule has 0 spiro atoms. The summed E-state index contributed by atoms with van der Waals surface area (Å²) in [4.78, 5) is 64.3. The van der Waals surface area contributed by atoms with Gasteiger partial charge in [0.2, 0.25) is 30.0 Å². The summed E-state index contributed by atoms with van der Waals surface area (Å²) in [6.07, 6.45) is 6.22. The van der Waals surface area contributed by atoms with Crippen LogP contribution in [0.5, 0.6) is 17.2 Å². The van der Waals surface area contributed by atoms with E-state index in [1.54, 1.807) is 36.4 Å². The first-order valence-corrected chi connectivity index (χ1v) is 21.8. The lowest BCUT2D eigenvalue weighted by Crippen LogP contribution is -2.51. The van der Waals surface area contributed by atoms with Gasteiger partial charge >= 0.3 is 0 Å². The second-order valence-electron chi connectivity index (χ2n) is 16.1. The number of benzene rings is 3. The Morgan fingerprint density at radius 3 is 2.22 bits per heavy atom. The van der Waals surface area contributed by atoms with Crippen molar-refractivity contribution in [2.45, 2.75) is 65.0 Å². The Kier molecular flexibility index (Phi) is 20.3. The molecule has 5 atom stereocenters. The standard InChI is InChI=1S/C29H36N8O7.C16H22O.C2H7N/c1-37(26(40)16-33-17-38)27-19-3-5-24(44-11-8-32)21(14-19)20-12-18(2-4-23(20)43-10-7-31)13-22(28(41)34-9-6-30)36-25(39)15-35-29(27)42;1-11-3-6-16(7-12(11)2)17-10-15-9-13-4-5-14(15)8-13;1-2-3/h2-5,12,14,17,22,27H,7-11,13,15-16,31-32H2,1H3,(H,33,38)(H,34,41)(H,35,42)(H,36,39);3,6-7,13-15H,4-5,8-10H2,1-2H3;2-3H2,1H3/t;13?,14-,15?;/m.1./s1. The molecule has 2 saturated carbocycles. The zero-order chi connectivity index (χ0) is 46.6. The Balaban J connectivity index is 0.000000367. The van der Waals surface area contributed by atoms with Crippen molar-refractivity contribution < 1.29 is 38.2 Å². The second kappa shape index (κ2) is 25.8. The predicted molar refractivity (Wildman–Crippen MR) is 243 cm³/mol. The number of nitrogens with one attached hydrogen (secondary N) is 4. The van der Waals surface area contributed by atoms with E-state index in [-0.39, 0.29) is 45.8 Å². The third-order valence-electron chi connectivity index (χ3n) is 11.5. The van der Waals surface area contributed by atoms with Crippen molar-refractivity contribution in [3.8, 4) is 34.4 Å². The van der Waals surface area contributed by atoms with Crippen molar-refractivity contribution >= 4 is 30.0 Å². The fourth-order valence-corrected chi connectivity index (χ4v) is 8.17. The van der Waals surface area contributed by atoms with E-state index in [2.05, 4.69) is 53.3 Å². The van der Waals surface area contributed by atoms with Gasteiger partial charge in [0, 0.05) is 37.7 Å². The molecule has 6 bridgehead atoms. The van der Waals surface area contributed by atoms with Crippen LogP contribution in [-0.4, -0.2) is 107 Å². The first kappa shape index (κ1) is 50.4. The lowest BCUT2D eigenvalue weighted by atomic mass is 9.89. The molecular weight excluding hydrogens is 819 g/mol. The highest BCUT2D eigenvalue weighted by Gasteiger charge is 2.39. The predicted octanol–water partition coefficient (Wildman–Crippen LogP) is 2.15. The zero-order valence-corrected chi connectivity index (χ0v) is 37.5. The van der Waals surface area contributed by atoms with Crippen LogP contribution < -0.4 is 52.7 Å². The van der Waals surface area contributed by atoms with E-state index in [1.165, 1.54) is 43.9 Å². The van der Waals surface area contributed by atoms with Crippen molar-refractivity contribution in [2.75, 3.05) is 66.1 Å². The van der Waals surface area contributed by atoms with Crippen LogP contribution in [0.4, 0.5) is 0 Å². The molecule has 1 aliphatic heterocycles. The van der Waals surface area contributed by atoms with E-state index in [4.69, 9.17) is 36.7 Å². The molecule has 3 aromatic carbocycles. The molecule has 2 fully saturated rings. The summed E-state index contributed by atoms with van der Waals surface area (Å²) in [5.41, 5.74) is 21.0. The number of hydrogen-bond donors (Lipinski definition) is 7. The van der Waals surface area contributed by atoms with Gasteiger partial charge in [-0.05, 0) is 116 Å². The molecule has 346 valence electrons. The number of likely N-dealkylation sites (N-methyl/N-ethyl adjacent to an activating group) is 1. The number of nitriles is 1. The summed E-state index contributed by atoms with van der Waals surface area (Å²) in [7, 11) is 1.40. The number of hydrogen-bond acceptors (Lipinski definition) is 12. The largest absolute Gasteiger partial charge is 0.493 e. The normalized spacial score (nSPS) is 19.6. The molecule has 3 aromatic rings. The van der Waals surface area contributed by atoms with Gasteiger partial charge in [-0.2, -0.15) is 5.26 Å². The first-order chi connectivity index (χ1) is 30.9. The van der Waals surface area contributed by atoms with Gasteiger partial charge in [-0.15, -0.1) is 0 Å². The van der Waals surface area contributed by atoms with Crippen molar-refractivity contribution in [3.63, 3.8) is 0 Å². The highest BCUT2D eigenvalue weighted by atomic mass is 16.5. The average molecular weight is 884 g/mol. The number of carbonyl (C=O) groups is 5. The Hall–Kier alpha value is -6.22. The molecule has 10 N–H and O–H groups in total. The number of nitrogens with zero attached hydrogens (tertiary/aromatic N) is 2. The molecule has 6 rings (SSSR count). The lowest BCUT2D eigenvalue weighted by Gasteiger charge is -2.29. The van der Waals surface area contributed by atoms with Gasteiger partial charge in [0.05, 0.1) is 25.8 Å². The summed E-state index contributed by atoms with van der Waals surface area (Å²) in [6.45, 7) is 7.57. The quantitative estimate of drug-likeness (QED) is 0.0856. The van der Waals surface area contributed by atoms with Gasteiger partial charge in [-0.3, -0.25) is 24.0 Å². The third kappa shape index (κ3) is 14.4. The topological polar surface area (TPSA) is 266 Å². The maximum atomic E-state index is 13.6. The van der Waals surface area contributed by atoms with Crippen LogP contribution in [0.3, 0.4) is 0 Å². The van der Waals surface area contributed by atoms with E-state index in [0.29, 0.717) is 40.2 Å². The lowest BCUT2D eigenvalue weighted by molar-refractivity contribution is -0.139. The average Bonchev–Trinajstić information content (AvgIpc) is 3.93. The number of amides is 5. The van der Waals surface area contributed by atoms with Crippen LogP contribution in [0.1, 0.15) is 60.9 Å². The number of aryl methyl sites for hydroxylation is 2. The fraction of sp³-hybridized carbons (Fsp3) is 0.489. The number of fused-ring (bicyclic) bond motifs is 7. The molecule has 0 aromatic heterocycles. The maximum absolute atomic E-state index is 13.6. The minimum atomic E-state index is -1.24. The number of rotatable bonds is 15. The maximum Gasteiger partial charge on any atom is 0.247 e. The summed E-state index contributed by atoms with van der Waals surface area (Å²) < 4.78 is 17.9. The molecule has 1 heterocycles. The minimum Gasteiger partial charge on any atom is -0.493 e. The Labute approximate surface area is 376 Å². The highest BCUT2D eigenvalue weighted by molar-refractivity contribution is 5.94. The van der Waals surface area contributed by atoms with Crippen molar-refractivity contribution in [3.05, 3.63) is 76.9 Å². The van der Waals surface area contributed by atoms with E-state index < -0.39 is 42.3 Å². The van der Waals surface area contributed by atoms with Crippen molar-refractivity contribution in [1.29, 1.82) is 5.26 Å². The third-order valence-corrected chi connectivity index (χ3v) is 11.5. The Morgan fingerprint density at radius 2 is 1.61 bits per heavy atom. The van der Waals surface area contributed by atoms with E-state index >= 15 is 0 Å². The minimum absolute atomic E-state index is 0.0450. The molecule has 5 amide bonds. The number of carbonyl (C=O) groups excluding carboxylic acids is 5. The van der Waals surface area contributed by atoms with E-state index in [1.807, 2.05) is 13.0 Å². The monoisotopic (exact) mass is 883 g/mol. The fourth-order valence-electron chi connectivity index (χ4n) is 8.17. The first-order valence-electron chi connectivity index (χ1n) is 21.8. The van der Waals surface area contributed by atoms with Crippen LogP contribution in [0.15, 0.2) is 54.6 Å². The van der Waals surface area contributed by atoms with Crippen LogP contribution in [0, 0.1) is 42.9 Å². The SMILES string of the molecule is CCN.CN(C(=O)CNC=O)C1C(=O)NCC(=O)NC(C(=O)NCC#N)Cc2ccc(OCCN)c(c2)-c2cc1ccc2OCCN.Cc1ccc(OCC2CC3CC[C@@H]2C3)cc1C. The van der Waals surface area contributed by atoms with E-state index in [0.717, 1.165) is 41.6 Å². The van der Waals surface area contributed by atoms with Crippen molar-refractivity contribution in [1.82, 2.24) is 26.2 Å². The molecule has 64 heavy (non-hydrogen) atoms. The Bertz CT molecular complexity index is 2090. The molecule has 4 unspecified atom stereocenters. The Morgan fingerprint density at radius 1 is 0.922 bits per heavy atom. The second-order valence-corrected chi connectivity index (χ2v) is 16.1. The summed E-state index contributed by atoms with van der Waals surface area (Å²) >= 11 is 0. The van der Waals surface area contributed by atoms with Gasteiger partial charge in [-0.25, -0.2) is 0 Å². The van der Waals surface area contributed by atoms with Gasteiger partial charge in [0.1, 0.15) is 49.1 Å². The summed E-state index contributed by atoms with van der Waals surface area (Å²) in [5.74, 6) is 2.17. The smallest absolute Gasteiger partial charge is 0.247 e. The highest BCUT2D eigenvalue weighted by Crippen LogP contribution is 2.48. The van der Waals surface area contributed by atoms with Gasteiger partial charge in [0.15, 0.2) is 0 Å². The van der Waals surface area contributed by atoms with Gasteiger partial charge in [0.25, 0.3) is 0 Å². The molecular formula is C47H65N9O8. The van der Waals surface area contributed by atoms with Gasteiger partial charge < -0.3 is 57.6 Å². The molecule has 3 aliphatic rings. The van der Waals surface area contributed by atoms with Crippen molar-refractivity contribution in [2.24, 2.45) is 35.0 Å². The summed E-state index contributed by atoms with van der Waals surface area (Å²) in [6, 6.07) is 16.1. The molecule has 17 nitrogen and oxygen atoms in total. The van der Waals surface area contributed by atoms with Gasteiger partial charge in [-0.1, -0.05) is 31.5 Å². The molecule has 0 saturated heterocycles. The summed E-state index contributed by atoms with van der Waals surface area (Å²) in [5, 5.41) is 18.8. The zero-order valence-electron chi connectivity index (χ0n) is 37.5. The van der Waals surface area contributed by atoms with Crippen LogP contribution in [-0.2, 0) is 30.4 Å². The molecule has 0 radical (unpaired) electrons. The van der Waals surface area contributed by atoms with Crippen LogP contribution >= 0.6 is 0 Å².